The first kappa shape index (κ1) is 9.32. The van der Waals surface area contributed by atoms with E-state index in [0.29, 0.717) is 0 Å². The van der Waals surface area contributed by atoms with Crippen molar-refractivity contribution in [1.82, 2.24) is 10.2 Å². The van der Waals surface area contributed by atoms with E-state index < -0.39 is 0 Å². The summed E-state index contributed by atoms with van der Waals surface area (Å²) in [4.78, 5) is 12.5. The van der Waals surface area contributed by atoms with Crippen molar-refractivity contribution in [2.75, 3.05) is 27.2 Å². The number of amides is 1. The summed E-state index contributed by atoms with van der Waals surface area (Å²) in [6.45, 7) is 1.72. The first-order chi connectivity index (χ1) is 5.70. The molecule has 12 heavy (non-hydrogen) atoms. The standard InChI is InChI=1S/C8H15N2O2/c1-10(2)8(11)12-7-4-3-5-9-6-7/h4,7,9H,3,5-6H2,1-2H3. The molecule has 1 aliphatic rings. The Balaban J connectivity index is 2.24. The minimum Gasteiger partial charge on any atom is -0.444 e. The van der Waals surface area contributed by atoms with E-state index in [2.05, 4.69) is 5.32 Å². The molecule has 0 aromatic heterocycles. The second kappa shape index (κ2) is 4.30. The van der Waals surface area contributed by atoms with Gasteiger partial charge in [0.05, 0.1) is 0 Å². The molecule has 1 N–H and O–H groups in total. The molecule has 0 aromatic rings. The maximum absolute atomic E-state index is 11.1. The maximum Gasteiger partial charge on any atom is 0.409 e. The summed E-state index contributed by atoms with van der Waals surface area (Å²) in [6.07, 6.45) is 2.65. The Morgan fingerprint density at radius 1 is 1.67 bits per heavy atom. The van der Waals surface area contributed by atoms with Gasteiger partial charge in [-0.2, -0.15) is 0 Å². The van der Waals surface area contributed by atoms with Gasteiger partial charge in [-0.15, -0.1) is 0 Å². The van der Waals surface area contributed by atoms with Crippen molar-refractivity contribution in [2.24, 2.45) is 0 Å². The summed E-state index contributed by atoms with van der Waals surface area (Å²) in [5.41, 5.74) is 0. The van der Waals surface area contributed by atoms with E-state index in [9.17, 15) is 4.79 Å². The number of carbonyl (C=O) groups excluding carboxylic acids is 1. The molecule has 1 saturated heterocycles. The largest absolute Gasteiger partial charge is 0.444 e. The van der Waals surface area contributed by atoms with Gasteiger partial charge in [0, 0.05) is 27.1 Å². The highest BCUT2D eigenvalue weighted by Crippen LogP contribution is 2.05. The van der Waals surface area contributed by atoms with Gasteiger partial charge in [0.1, 0.15) is 6.10 Å². The average molecular weight is 171 g/mol. The van der Waals surface area contributed by atoms with Crippen LogP contribution in [0.3, 0.4) is 0 Å². The number of piperidine rings is 1. The SMILES string of the molecule is CN(C)C(=O)OC1[CH]CCNC1. The first-order valence-electron chi connectivity index (χ1n) is 4.12. The van der Waals surface area contributed by atoms with Gasteiger partial charge in [0.15, 0.2) is 0 Å². The number of ether oxygens (including phenoxy) is 1. The minimum absolute atomic E-state index is 0.0614. The molecule has 1 unspecified atom stereocenters. The number of nitrogens with zero attached hydrogens (tertiary/aromatic N) is 1. The number of hydrogen-bond donors (Lipinski definition) is 1. The van der Waals surface area contributed by atoms with Crippen LogP contribution in [0.25, 0.3) is 0 Å². The van der Waals surface area contributed by atoms with Crippen molar-refractivity contribution in [2.45, 2.75) is 12.5 Å². The minimum atomic E-state index is -0.278. The van der Waals surface area contributed by atoms with Crippen LogP contribution >= 0.6 is 0 Å². The van der Waals surface area contributed by atoms with E-state index in [1.54, 1.807) is 14.1 Å². The van der Waals surface area contributed by atoms with Gasteiger partial charge in [0.2, 0.25) is 0 Å². The van der Waals surface area contributed by atoms with Gasteiger partial charge in [-0.1, -0.05) is 0 Å². The second-order valence-corrected chi connectivity index (χ2v) is 3.05. The average Bonchev–Trinajstić information content (AvgIpc) is 2.06. The fraction of sp³-hybridized carbons (Fsp3) is 0.750. The van der Waals surface area contributed by atoms with Gasteiger partial charge in [0.25, 0.3) is 0 Å². The molecule has 1 rings (SSSR count). The fourth-order valence-corrected chi connectivity index (χ4v) is 1.02. The van der Waals surface area contributed by atoms with Gasteiger partial charge >= 0.3 is 6.09 Å². The lowest BCUT2D eigenvalue weighted by molar-refractivity contribution is 0.0818. The molecule has 0 saturated carbocycles. The second-order valence-electron chi connectivity index (χ2n) is 3.05. The Morgan fingerprint density at radius 3 is 2.92 bits per heavy atom. The topological polar surface area (TPSA) is 41.6 Å². The highest BCUT2D eigenvalue weighted by Gasteiger charge is 2.18. The summed E-state index contributed by atoms with van der Waals surface area (Å²) in [5.74, 6) is 0. The molecule has 1 atom stereocenters. The van der Waals surface area contributed by atoms with E-state index in [1.165, 1.54) is 4.90 Å². The predicted molar refractivity (Wildman–Crippen MR) is 45.7 cm³/mol. The third-order valence-electron chi connectivity index (χ3n) is 1.71. The molecule has 0 bridgehead atoms. The lowest BCUT2D eigenvalue weighted by Gasteiger charge is -2.23. The van der Waals surface area contributed by atoms with Crippen molar-refractivity contribution in [3.8, 4) is 0 Å². The molecule has 1 amide bonds. The molecule has 1 heterocycles. The summed E-state index contributed by atoms with van der Waals surface area (Å²) < 4.78 is 5.12. The van der Waals surface area contributed by atoms with Gasteiger partial charge < -0.3 is 15.0 Å². The van der Waals surface area contributed by atoms with Crippen LogP contribution in [-0.4, -0.2) is 44.3 Å². The predicted octanol–water partition coefficient (Wildman–Crippen LogP) is 0.251. The van der Waals surface area contributed by atoms with Crippen LogP contribution in [0.15, 0.2) is 0 Å². The van der Waals surface area contributed by atoms with Crippen LogP contribution in [0.4, 0.5) is 4.79 Å². The molecule has 0 aliphatic carbocycles. The highest BCUT2D eigenvalue weighted by molar-refractivity contribution is 5.67. The van der Waals surface area contributed by atoms with E-state index in [-0.39, 0.29) is 12.2 Å². The summed E-state index contributed by atoms with van der Waals surface area (Å²) in [6, 6.07) is 0. The van der Waals surface area contributed by atoms with E-state index >= 15 is 0 Å². The van der Waals surface area contributed by atoms with Crippen LogP contribution in [0.2, 0.25) is 0 Å². The molecular formula is C8H15N2O2. The Labute approximate surface area is 72.9 Å². The van der Waals surface area contributed by atoms with E-state index in [4.69, 9.17) is 4.74 Å². The quantitative estimate of drug-likeness (QED) is 0.615. The van der Waals surface area contributed by atoms with E-state index in [0.717, 1.165) is 19.5 Å². The molecule has 0 aromatic carbocycles. The van der Waals surface area contributed by atoms with Crippen molar-refractivity contribution < 1.29 is 9.53 Å². The van der Waals surface area contributed by atoms with Crippen LogP contribution in [-0.2, 0) is 4.74 Å². The van der Waals surface area contributed by atoms with Crippen molar-refractivity contribution in [3.05, 3.63) is 6.42 Å². The maximum atomic E-state index is 11.1. The van der Waals surface area contributed by atoms with E-state index in [1.807, 2.05) is 6.42 Å². The van der Waals surface area contributed by atoms with Crippen LogP contribution in [0, 0.1) is 6.42 Å². The number of carbonyl (C=O) groups is 1. The lowest BCUT2D eigenvalue weighted by Crippen LogP contribution is -2.39. The molecule has 69 valence electrons. The summed E-state index contributed by atoms with van der Waals surface area (Å²) in [5, 5.41) is 3.15. The zero-order valence-corrected chi connectivity index (χ0v) is 7.54. The number of hydrogen-bond acceptors (Lipinski definition) is 3. The Kier molecular flexibility index (Phi) is 3.34. The molecular weight excluding hydrogens is 156 g/mol. The van der Waals surface area contributed by atoms with Crippen molar-refractivity contribution in [3.63, 3.8) is 0 Å². The zero-order valence-electron chi connectivity index (χ0n) is 7.54. The zero-order chi connectivity index (χ0) is 8.97. The monoisotopic (exact) mass is 171 g/mol. The molecule has 1 aliphatic heterocycles. The normalized spacial score (nSPS) is 23.3. The molecule has 4 heteroatoms. The van der Waals surface area contributed by atoms with Gasteiger partial charge in [-0.25, -0.2) is 4.79 Å². The van der Waals surface area contributed by atoms with Gasteiger partial charge in [-0.3, -0.25) is 0 Å². The third-order valence-corrected chi connectivity index (χ3v) is 1.71. The van der Waals surface area contributed by atoms with Crippen molar-refractivity contribution >= 4 is 6.09 Å². The Hall–Kier alpha value is -0.770. The molecule has 1 radical (unpaired) electrons. The highest BCUT2D eigenvalue weighted by atomic mass is 16.6. The Bertz CT molecular complexity index is 153. The summed E-state index contributed by atoms with van der Waals surface area (Å²) in [7, 11) is 3.36. The van der Waals surface area contributed by atoms with Crippen molar-refractivity contribution in [1.29, 1.82) is 0 Å². The van der Waals surface area contributed by atoms with Crippen LogP contribution < -0.4 is 5.32 Å². The smallest absolute Gasteiger partial charge is 0.409 e. The van der Waals surface area contributed by atoms with Crippen LogP contribution in [0.1, 0.15) is 6.42 Å². The third kappa shape index (κ3) is 2.70. The fourth-order valence-electron chi connectivity index (χ4n) is 1.02. The molecule has 0 spiro atoms. The molecule has 1 fully saturated rings. The molecule has 4 nitrogen and oxygen atoms in total. The van der Waals surface area contributed by atoms with Gasteiger partial charge in [-0.05, 0) is 13.0 Å². The summed E-state index contributed by atoms with van der Waals surface area (Å²) >= 11 is 0. The lowest BCUT2D eigenvalue weighted by atomic mass is 10.1. The first-order valence-corrected chi connectivity index (χ1v) is 4.12. The van der Waals surface area contributed by atoms with Crippen LogP contribution in [0.5, 0.6) is 0 Å². The number of nitrogens with one attached hydrogen (secondary N) is 1. The number of rotatable bonds is 1. The Morgan fingerprint density at radius 2 is 2.42 bits per heavy atom.